The molecule has 2 saturated heterocycles. The summed E-state index contributed by atoms with van der Waals surface area (Å²) in [6.45, 7) is 4.85. The number of β-amino-alcohol motifs (C(OH)–C–C–N with tert-alkyl or cyclic N) is 1. The lowest BCUT2D eigenvalue weighted by Crippen LogP contribution is -2.46. The van der Waals surface area contributed by atoms with E-state index in [1.807, 2.05) is 6.07 Å². The molecule has 4 rings (SSSR count). The number of rotatable bonds is 5. The van der Waals surface area contributed by atoms with Crippen molar-refractivity contribution >= 4 is 29.3 Å². The average molecular weight is 424 g/mol. The standard InChI is InChI=1S/C20H24N8O3/c1-20(2,18(31)26-7-5-15(29)12-26)28-11-14(10-23-28)24-19-22-6-3-16(25-19)27-8-4-13(9-21)17(27)30/h3,6,10-11,13,15,29H,4-5,7-8,12H2,1-2H3,(H,22,24,25). The summed E-state index contributed by atoms with van der Waals surface area (Å²) >= 11 is 0. The number of nitriles is 1. The van der Waals surface area contributed by atoms with Gasteiger partial charge in [0, 0.05) is 32.0 Å². The van der Waals surface area contributed by atoms with Crippen LogP contribution < -0.4 is 10.2 Å². The van der Waals surface area contributed by atoms with Gasteiger partial charge in [0.1, 0.15) is 17.3 Å². The zero-order chi connectivity index (χ0) is 22.2. The van der Waals surface area contributed by atoms with Crippen LogP contribution in [0.25, 0.3) is 0 Å². The van der Waals surface area contributed by atoms with Gasteiger partial charge >= 0.3 is 0 Å². The van der Waals surface area contributed by atoms with Crippen molar-refractivity contribution in [3.63, 3.8) is 0 Å². The summed E-state index contributed by atoms with van der Waals surface area (Å²) in [6.07, 6.45) is 5.37. The van der Waals surface area contributed by atoms with Gasteiger partial charge in [0.15, 0.2) is 0 Å². The molecule has 0 spiro atoms. The molecule has 0 aliphatic carbocycles. The number of nitrogens with zero attached hydrogens (tertiary/aromatic N) is 7. The molecular weight excluding hydrogens is 400 g/mol. The molecule has 0 radical (unpaired) electrons. The average Bonchev–Trinajstić information content (AvgIpc) is 3.48. The number of carbonyl (C=O) groups is 2. The van der Waals surface area contributed by atoms with Gasteiger partial charge in [0.25, 0.3) is 0 Å². The summed E-state index contributed by atoms with van der Waals surface area (Å²) in [6, 6.07) is 3.63. The lowest BCUT2D eigenvalue weighted by molar-refractivity contribution is -0.139. The van der Waals surface area contributed by atoms with Gasteiger partial charge in [-0.2, -0.15) is 15.3 Å². The smallest absolute Gasteiger partial charge is 0.250 e. The highest BCUT2D eigenvalue weighted by molar-refractivity contribution is 5.97. The van der Waals surface area contributed by atoms with Gasteiger partial charge in [-0.3, -0.25) is 19.2 Å². The third kappa shape index (κ3) is 3.94. The number of carbonyl (C=O) groups excluding carboxylic acids is 2. The molecule has 11 nitrogen and oxygen atoms in total. The molecule has 2 aromatic heterocycles. The fourth-order valence-electron chi connectivity index (χ4n) is 3.82. The van der Waals surface area contributed by atoms with Crippen molar-refractivity contribution in [3.8, 4) is 6.07 Å². The molecule has 2 fully saturated rings. The number of hydrogen-bond donors (Lipinski definition) is 2. The van der Waals surface area contributed by atoms with Gasteiger partial charge in [0.2, 0.25) is 17.8 Å². The minimum atomic E-state index is -0.930. The first-order valence-electron chi connectivity index (χ1n) is 10.1. The van der Waals surface area contributed by atoms with Crippen LogP contribution in [0.2, 0.25) is 0 Å². The molecule has 2 amide bonds. The SMILES string of the molecule is CC(C)(C(=O)N1CCC(O)C1)n1cc(Nc2nccc(N3CCC(C#N)C3=O)n2)cn1. The van der Waals surface area contributed by atoms with Gasteiger partial charge in [0.05, 0.1) is 24.1 Å². The molecule has 0 aromatic carbocycles. The number of anilines is 3. The summed E-state index contributed by atoms with van der Waals surface area (Å²) in [5.41, 5.74) is -0.344. The first kappa shape index (κ1) is 20.7. The van der Waals surface area contributed by atoms with Gasteiger partial charge < -0.3 is 15.3 Å². The van der Waals surface area contributed by atoms with Crippen LogP contribution in [0.15, 0.2) is 24.7 Å². The maximum absolute atomic E-state index is 12.9. The van der Waals surface area contributed by atoms with E-state index in [1.54, 1.807) is 41.9 Å². The molecule has 2 N–H and O–H groups in total. The van der Waals surface area contributed by atoms with E-state index in [0.717, 1.165) is 0 Å². The van der Waals surface area contributed by atoms with Crippen LogP contribution in [0.5, 0.6) is 0 Å². The molecule has 0 saturated carbocycles. The van der Waals surface area contributed by atoms with Crippen LogP contribution in [-0.4, -0.2) is 67.3 Å². The normalized spacial score (nSPS) is 21.4. The Morgan fingerprint density at radius 1 is 1.35 bits per heavy atom. The molecule has 4 heterocycles. The molecule has 11 heteroatoms. The van der Waals surface area contributed by atoms with Crippen molar-refractivity contribution in [3.05, 3.63) is 24.7 Å². The first-order chi connectivity index (χ1) is 14.8. The fourth-order valence-corrected chi connectivity index (χ4v) is 3.82. The third-order valence-corrected chi connectivity index (χ3v) is 5.66. The lowest BCUT2D eigenvalue weighted by atomic mass is 10.0. The highest BCUT2D eigenvalue weighted by atomic mass is 16.3. The van der Waals surface area contributed by atoms with Crippen LogP contribution in [0.1, 0.15) is 26.7 Å². The number of aromatic nitrogens is 4. The molecule has 162 valence electrons. The number of nitrogens with one attached hydrogen (secondary N) is 1. The summed E-state index contributed by atoms with van der Waals surface area (Å²) in [7, 11) is 0. The molecule has 31 heavy (non-hydrogen) atoms. The van der Waals surface area contributed by atoms with Crippen molar-refractivity contribution in [2.24, 2.45) is 5.92 Å². The maximum atomic E-state index is 12.9. The minimum Gasteiger partial charge on any atom is -0.391 e. The van der Waals surface area contributed by atoms with E-state index in [0.29, 0.717) is 44.0 Å². The second-order valence-corrected chi connectivity index (χ2v) is 8.25. The predicted molar refractivity (Wildman–Crippen MR) is 110 cm³/mol. The van der Waals surface area contributed by atoms with E-state index in [4.69, 9.17) is 5.26 Å². The molecule has 2 atom stereocenters. The van der Waals surface area contributed by atoms with Crippen molar-refractivity contribution < 1.29 is 14.7 Å². The Morgan fingerprint density at radius 3 is 2.84 bits per heavy atom. The van der Waals surface area contributed by atoms with Crippen molar-refractivity contribution in [1.82, 2.24) is 24.6 Å². The number of aliphatic hydroxyl groups is 1. The van der Waals surface area contributed by atoms with E-state index in [-0.39, 0.29) is 17.8 Å². The summed E-state index contributed by atoms with van der Waals surface area (Å²) < 4.78 is 1.56. The van der Waals surface area contributed by atoms with E-state index in [1.165, 1.54) is 11.1 Å². The molecule has 2 aliphatic rings. The van der Waals surface area contributed by atoms with Gasteiger partial charge in [-0.1, -0.05) is 0 Å². The minimum absolute atomic E-state index is 0.114. The van der Waals surface area contributed by atoms with E-state index < -0.39 is 17.6 Å². The fraction of sp³-hybridized carbons (Fsp3) is 0.500. The Labute approximate surface area is 179 Å². The first-order valence-corrected chi connectivity index (χ1v) is 10.1. The van der Waals surface area contributed by atoms with Gasteiger partial charge in [-0.15, -0.1) is 0 Å². The Bertz CT molecular complexity index is 1040. The van der Waals surface area contributed by atoms with Crippen LogP contribution in [-0.2, 0) is 15.1 Å². The van der Waals surface area contributed by atoms with Crippen LogP contribution in [0.3, 0.4) is 0 Å². The molecule has 2 aromatic rings. The van der Waals surface area contributed by atoms with Crippen molar-refractivity contribution in [2.45, 2.75) is 38.3 Å². The third-order valence-electron chi connectivity index (χ3n) is 5.66. The zero-order valence-electron chi connectivity index (χ0n) is 17.4. The molecule has 0 bridgehead atoms. The second-order valence-electron chi connectivity index (χ2n) is 8.25. The number of amides is 2. The Kier molecular flexibility index (Phi) is 5.32. The summed E-state index contributed by atoms with van der Waals surface area (Å²) in [5.74, 6) is -0.308. The number of aliphatic hydroxyl groups excluding tert-OH is 1. The van der Waals surface area contributed by atoms with E-state index in [2.05, 4.69) is 20.4 Å². The van der Waals surface area contributed by atoms with Crippen molar-refractivity contribution in [1.29, 1.82) is 5.26 Å². The molecule has 2 aliphatic heterocycles. The van der Waals surface area contributed by atoms with E-state index in [9.17, 15) is 14.7 Å². The summed E-state index contributed by atoms with van der Waals surface area (Å²) in [4.78, 5) is 36.9. The zero-order valence-corrected chi connectivity index (χ0v) is 17.4. The van der Waals surface area contributed by atoms with Crippen molar-refractivity contribution in [2.75, 3.05) is 29.9 Å². The van der Waals surface area contributed by atoms with E-state index >= 15 is 0 Å². The van der Waals surface area contributed by atoms with Crippen LogP contribution in [0.4, 0.5) is 17.5 Å². The van der Waals surface area contributed by atoms with Gasteiger partial charge in [-0.05, 0) is 32.8 Å². The Balaban J connectivity index is 1.48. The highest BCUT2D eigenvalue weighted by Gasteiger charge is 2.37. The highest BCUT2D eigenvalue weighted by Crippen LogP contribution is 2.26. The van der Waals surface area contributed by atoms with Crippen LogP contribution in [0, 0.1) is 17.2 Å². The quantitative estimate of drug-likeness (QED) is 0.712. The molecule has 2 unspecified atom stereocenters. The second kappa shape index (κ2) is 7.96. The largest absolute Gasteiger partial charge is 0.391 e. The molecular formula is C20H24N8O3. The number of likely N-dealkylation sites (tertiary alicyclic amines) is 1. The monoisotopic (exact) mass is 424 g/mol. The van der Waals surface area contributed by atoms with Crippen LogP contribution >= 0.6 is 0 Å². The Hall–Kier alpha value is -3.52. The topological polar surface area (TPSA) is 140 Å². The number of hydrogen-bond acceptors (Lipinski definition) is 8. The van der Waals surface area contributed by atoms with Gasteiger partial charge in [-0.25, -0.2) is 4.98 Å². The predicted octanol–water partition coefficient (Wildman–Crippen LogP) is 0.621. The maximum Gasteiger partial charge on any atom is 0.250 e. The Morgan fingerprint density at radius 2 is 2.16 bits per heavy atom. The lowest BCUT2D eigenvalue weighted by Gasteiger charge is -2.29. The summed E-state index contributed by atoms with van der Waals surface area (Å²) in [5, 5.41) is 26.1.